The first-order valence-corrected chi connectivity index (χ1v) is 13.1. The molecule has 9 heteroatoms. The molecule has 1 amide bonds. The number of fused-ring (bicyclic) bond motifs is 1. The minimum atomic E-state index is -3.19. The summed E-state index contributed by atoms with van der Waals surface area (Å²) >= 11 is 0. The summed E-state index contributed by atoms with van der Waals surface area (Å²) in [6.45, 7) is 6.76. The van der Waals surface area contributed by atoms with Crippen LogP contribution in [0.1, 0.15) is 57.1 Å². The fraction of sp³-hybridized carbons (Fsp3) is 0.727. The molecule has 3 rings (SSSR count). The van der Waals surface area contributed by atoms with Crippen molar-refractivity contribution in [3.63, 3.8) is 0 Å². The van der Waals surface area contributed by atoms with Crippen LogP contribution in [0.15, 0.2) is 12.3 Å². The van der Waals surface area contributed by atoms with Crippen molar-refractivity contribution in [3.05, 3.63) is 23.4 Å². The van der Waals surface area contributed by atoms with Gasteiger partial charge in [0, 0.05) is 37.9 Å². The summed E-state index contributed by atoms with van der Waals surface area (Å²) in [5.74, 6) is 1.29. The quantitative estimate of drug-likeness (QED) is 0.562. The van der Waals surface area contributed by atoms with Crippen molar-refractivity contribution >= 4 is 16.1 Å². The standard InChI is InChI=1S/C22H35N3O5S/c1-17(2)30-22(26)24-12-8-18(9-13-24)6-4-5-15-29-21-20-10-14-25(31(3,27)28)16-19(20)7-11-23-21/h7,11,17-18H,4-6,8-10,12-16H2,1-3H3. The number of amides is 1. The van der Waals surface area contributed by atoms with Gasteiger partial charge >= 0.3 is 6.09 Å². The minimum Gasteiger partial charge on any atom is -0.477 e. The van der Waals surface area contributed by atoms with E-state index in [0.717, 1.165) is 56.3 Å². The minimum absolute atomic E-state index is 0.0754. The first kappa shape index (κ1) is 23.8. The number of unbranched alkanes of at least 4 members (excludes halogenated alkanes) is 1. The smallest absolute Gasteiger partial charge is 0.410 e. The van der Waals surface area contributed by atoms with Gasteiger partial charge in [-0.25, -0.2) is 18.2 Å². The SMILES string of the molecule is CC(C)OC(=O)N1CCC(CCCCOc2nccc3c2CCN(S(C)(=O)=O)C3)CC1. The lowest BCUT2D eigenvalue weighted by Gasteiger charge is -2.31. The molecule has 0 unspecified atom stereocenters. The molecule has 0 atom stereocenters. The maximum atomic E-state index is 12.0. The molecule has 0 aliphatic carbocycles. The Hall–Kier alpha value is -1.87. The highest BCUT2D eigenvalue weighted by Gasteiger charge is 2.26. The number of sulfonamides is 1. The van der Waals surface area contributed by atoms with Gasteiger partial charge in [-0.1, -0.05) is 6.42 Å². The van der Waals surface area contributed by atoms with Crippen molar-refractivity contribution in [1.29, 1.82) is 0 Å². The fourth-order valence-electron chi connectivity index (χ4n) is 4.22. The Morgan fingerprint density at radius 3 is 2.65 bits per heavy atom. The molecule has 3 heterocycles. The van der Waals surface area contributed by atoms with Crippen LogP contribution >= 0.6 is 0 Å². The molecule has 8 nitrogen and oxygen atoms in total. The van der Waals surface area contributed by atoms with E-state index in [1.165, 1.54) is 10.6 Å². The van der Waals surface area contributed by atoms with E-state index in [4.69, 9.17) is 9.47 Å². The molecular weight excluding hydrogens is 418 g/mol. The van der Waals surface area contributed by atoms with E-state index in [1.807, 2.05) is 24.8 Å². The average Bonchev–Trinajstić information content (AvgIpc) is 2.72. The average molecular weight is 454 g/mol. The number of nitrogens with zero attached hydrogens (tertiary/aromatic N) is 3. The van der Waals surface area contributed by atoms with Crippen LogP contribution < -0.4 is 4.74 Å². The second-order valence-corrected chi connectivity index (χ2v) is 10.8. The Balaban J connectivity index is 1.37. The molecule has 0 aromatic carbocycles. The number of carbonyl (C=O) groups is 1. The molecule has 0 N–H and O–H groups in total. The number of hydrogen-bond acceptors (Lipinski definition) is 6. The third kappa shape index (κ3) is 6.80. The van der Waals surface area contributed by atoms with Crippen molar-refractivity contribution in [3.8, 4) is 5.88 Å². The van der Waals surface area contributed by atoms with Crippen molar-refractivity contribution in [2.45, 2.75) is 65.0 Å². The van der Waals surface area contributed by atoms with Crippen LogP contribution in [-0.4, -0.2) is 67.3 Å². The monoisotopic (exact) mass is 453 g/mol. The number of likely N-dealkylation sites (tertiary alicyclic amines) is 1. The third-order valence-electron chi connectivity index (χ3n) is 5.99. The highest BCUT2D eigenvalue weighted by atomic mass is 32.2. The van der Waals surface area contributed by atoms with Crippen LogP contribution in [0.4, 0.5) is 4.79 Å². The third-order valence-corrected chi connectivity index (χ3v) is 7.24. The molecule has 0 radical (unpaired) electrons. The first-order valence-electron chi connectivity index (χ1n) is 11.2. The second-order valence-electron chi connectivity index (χ2n) is 8.81. The summed E-state index contributed by atoms with van der Waals surface area (Å²) in [6.07, 6.45) is 8.53. The number of aromatic nitrogens is 1. The first-order chi connectivity index (χ1) is 14.7. The lowest BCUT2D eigenvalue weighted by atomic mass is 9.92. The van der Waals surface area contributed by atoms with Gasteiger partial charge in [0.05, 0.1) is 19.0 Å². The zero-order valence-electron chi connectivity index (χ0n) is 18.9. The van der Waals surface area contributed by atoms with Gasteiger partial charge in [0.25, 0.3) is 0 Å². The molecule has 1 aromatic heterocycles. The highest BCUT2D eigenvalue weighted by Crippen LogP contribution is 2.27. The van der Waals surface area contributed by atoms with Crippen LogP contribution in [-0.2, 0) is 27.7 Å². The molecule has 0 saturated carbocycles. The number of hydrogen-bond donors (Lipinski definition) is 0. The Kier molecular flexibility index (Phi) is 8.16. The Morgan fingerprint density at radius 1 is 1.23 bits per heavy atom. The van der Waals surface area contributed by atoms with Crippen molar-refractivity contribution in [2.24, 2.45) is 5.92 Å². The molecule has 2 aliphatic heterocycles. The molecule has 2 aliphatic rings. The Bertz CT molecular complexity index is 851. The Labute approximate surface area is 186 Å². The van der Waals surface area contributed by atoms with Crippen molar-refractivity contribution < 1.29 is 22.7 Å². The van der Waals surface area contributed by atoms with E-state index in [9.17, 15) is 13.2 Å². The fourth-order valence-corrected chi connectivity index (χ4v) is 5.02. The molecule has 1 fully saturated rings. The van der Waals surface area contributed by atoms with Crippen molar-refractivity contribution in [1.82, 2.24) is 14.2 Å². The summed E-state index contributed by atoms with van der Waals surface area (Å²) in [5, 5.41) is 0. The summed E-state index contributed by atoms with van der Waals surface area (Å²) in [6, 6.07) is 1.88. The van der Waals surface area contributed by atoms with E-state index in [0.29, 0.717) is 37.9 Å². The lowest BCUT2D eigenvalue weighted by molar-refractivity contribution is 0.0645. The van der Waals surface area contributed by atoms with E-state index in [1.54, 1.807) is 6.20 Å². The van der Waals surface area contributed by atoms with Gasteiger partial charge in [0.2, 0.25) is 15.9 Å². The number of pyridine rings is 1. The zero-order chi connectivity index (χ0) is 22.4. The van der Waals surface area contributed by atoms with Crippen LogP contribution in [0.3, 0.4) is 0 Å². The maximum Gasteiger partial charge on any atom is 0.410 e. The number of piperidine rings is 1. The summed E-state index contributed by atoms with van der Waals surface area (Å²) in [7, 11) is -3.19. The molecule has 1 saturated heterocycles. The van der Waals surface area contributed by atoms with Crippen LogP contribution in [0.5, 0.6) is 5.88 Å². The number of ether oxygens (including phenoxy) is 2. The van der Waals surface area contributed by atoms with Gasteiger partial charge in [-0.2, -0.15) is 4.31 Å². The van der Waals surface area contributed by atoms with Gasteiger partial charge in [0.1, 0.15) is 0 Å². The second kappa shape index (κ2) is 10.6. The van der Waals surface area contributed by atoms with E-state index in [2.05, 4.69) is 4.98 Å². The lowest BCUT2D eigenvalue weighted by Crippen LogP contribution is -2.39. The molecule has 1 aromatic rings. The van der Waals surface area contributed by atoms with Gasteiger partial charge in [0.15, 0.2) is 0 Å². The predicted molar refractivity (Wildman–Crippen MR) is 118 cm³/mol. The van der Waals surface area contributed by atoms with Gasteiger partial charge in [-0.3, -0.25) is 0 Å². The molecule has 0 spiro atoms. The molecule has 174 valence electrons. The maximum absolute atomic E-state index is 12.0. The summed E-state index contributed by atoms with van der Waals surface area (Å²) < 4.78 is 36.3. The molecule has 0 bridgehead atoms. The van der Waals surface area contributed by atoms with E-state index < -0.39 is 10.0 Å². The number of rotatable bonds is 8. The van der Waals surface area contributed by atoms with Gasteiger partial charge in [-0.05, 0) is 63.5 Å². The predicted octanol–water partition coefficient (Wildman–Crippen LogP) is 3.21. The van der Waals surface area contributed by atoms with Crippen LogP contribution in [0.2, 0.25) is 0 Å². The Morgan fingerprint density at radius 2 is 1.97 bits per heavy atom. The topological polar surface area (TPSA) is 89.0 Å². The van der Waals surface area contributed by atoms with Gasteiger partial charge < -0.3 is 14.4 Å². The summed E-state index contributed by atoms with van der Waals surface area (Å²) in [5.41, 5.74) is 2.01. The normalized spacial score (nSPS) is 18.1. The van der Waals surface area contributed by atoms with Crippen LogP contribution in [0, 0.1) is 5.92 Å². The highest BCUT2D eigenvalue weighted by molar-refractivity contribution is 7.88. The van der Waals surface area contributed by atoms with Crippen molar-refractivity contribution in [2.75, 3.05) is 32.5 Å². The summed E-state index contributed by atoms with van der Waals surface area (Å²) in [4.78, 5) is 18.2. The van der Waals surface area contributed by atoms with E-state index >= 15 is 0 Å². The number of carbonyl (C=O) groups excluding carboxylic acids is 1. The largest absolute Gasteiger partial charge is 0.477 e. The zero-order valence-corrected chi connectivity index (χ0v) is 19.7. The molecular formula is C22H35N3O5S. The van der Waals surface area contributed by atoms with E-state index in [-0.39, 0.29) is 12.2 Å². The van der Waals surface area contributed by atoms with Crippen LogP contribution in [0.25, 0.3) is 0 Å². The molecule has 31 heavy (non-hydrogen) atoms. The van der Waals surface area contributed by atoms with Gasteiger partial charge in [-0.15, -0.1) is 0 Å².